The topological polar surface area (TPSA) is 69.0 Å². The number of rotatable bonds is 9. The molecule has 0 aliphatic heterocycles. The highest BCUT2D eigenvalue weighted by Crippen LogP contribution is 2.25. The fourth-order valence-electron chi connectivity index (χ4n) is 2.91. The van der Waals surface area contributed by atoms with E-state index in [2.05, 4.69) is 27.6 Å². The molecule has 1 amide bonds. The molecule has 0 radical (unpaired) electrons. The Bertz CT molecular complexity index is 943. The Kier molecular flexibility index (Phi) is 7.30. The van der Waals surface area contributed by atoms with Crippen molar-refractivity contribution in [3.8, 4) is 5.75 Å². The molecule has 0 fully saturated rings. The molecule has 29 heavy (non-hydrogen) atoms. The quantitative estimate of drug-likeness (QED) is 0.545. The van der Waals surface area contributed by atoms with Crippen LogP contribution in [0.4, 0.5) is 0 Å². The van der Waals surface area contributed by atoms with Gasteiger partial charge >= 0.3 is 0 Å². The molecule has 0 spiro atoms. The highest BCUT2D eigenvalue weighted by Gasteiger charge is 2.18. The SMILES string of the molecule is Cc1ccccc1OC(C)c1nnc(SCC(=O)NCCc2ccccc2)n1C. The van der Waals surface area contributed by atoms with E-state index >= 15 is 0 Å². The molecule has 1 unspecified atom stereocenters. The summed E-state index contributed by atoms with van der Waals surface area (Å²) in [7, 11) is 1.89. The van der Waals surface area contributed by atoms with E-state index in [1.165, 1.54) is 17.3 Å². The molecule has 3 aromatic rings. The van der Waals surface area contributed by atoms with Crippen LogP contribution in [-0.4, -0.2) is 33.0 Å². The summed E-state index contributed by atoms with van der Waals surface area (Å²) in [4.78, 5) is 12.1. The van der Waals surface area contributed by atoms with E-state index < -0.39 is 0 Å². The van der Waals surface area contributed by atoms with Crippen LogP contribution in [0.3, 0.4) is 0 Å². The smallest absolute Gasteiger partial charge is 0.230 e. The van der Waals surface area contributed by atoms with Crippen LogP contribution in [0.15, 0.2) is 59.8 Å². The van der Waals surface area contributed by atoms with Crippen molar-refractivity contribution in [3.05, 3.63) is 71.5 Å². The second kappa shape index (κ2) is 10.1. The van der Waals surface area contributed by atoms with E-state index in [9.17, 15) is 4.79 Å². The van der Waals surface area contributed by atoms with Crippen LogP contribution in [0.5, 0.6) is 5.75 Å². The minimum Gasteiger partial charge on any atom is -0.482 e. The highest BCUT2D eigenvalue weighted by atomic mass is 32.2. The van der Waals surface area contributed by atoms with Crippen LogP contribution >= 0.6 is 11.8 Å². The van der Waals surface area contributed by atoms with E-state index in [0.29, 0.717) is 17.5 Å². The number of carbonyl (C=O) groups is 1. The van der Waals surface area contributed by atoms with Crippen molar-refractivity contribution >= 4 is 17.7 Å². The van der Waals surface area contributed by atoms with Gasteiger partial charge in [0.05, 0.1) is 5.75 Å². The number of aryl methyl sites for hydroxylation is 1. The van der Waals surface area contributed by atoms with Crippen molar-refractivity contribution in [2.75, 3.05) is 12.3 Å². The second-order valence-corrected chi connectivity index (χ2v) is 7.74. The molecular weight excluding hydrogens is 384 g/mol. The zero-order chi connectivity index (χ0) is 20.6. The van der Waals surface area contributed by atoms with Crippen molar-refractivity contribution < 1.29 is 9.53 Å². The first-order valence-corrected chi connectivity index (χ1v) is 10.6. The Morgan fingerprint density at radius 1 is 1.14 bits per heavy atom. The summed E-state index contributed by atoms with van der Waals surface area (Å²) in [6.07, 6.45) is 0.571. The van der Waals surface area contributed by atoms with Crippen LogP contribution in [-0.2, 0) is 18.3 Å². The minimum absolute atomic E-state index is 0.0142. The maximum absolute atomic E-state index is 12.1. The van der Waals surface area contributed by atoms with Gasteiger partial charge in [0.1, 0.15) is 5.75 Å². The molecule has 152 valence electrons. The molecule has 6 nitrogen and oxygen atoms in total. The standard InChI is InChI=1S/C22H26N4O2S/c1-16-9-7-8-12-19(16)28-17(2)21-24-25-22(26(21)3)29-15-20(27)23-14-13-18-10-5-4-6-11-18/h4-12,17H,13-15H2,1-3H3,(H,23,27). The summed E-state index contributed by atoms with van der Waals surface area (Å²) in [5, 5.41) is 12.1. The van der Waals surface area contributed by atoms with Crippen LogP contribution < -0.4 is 10.1 Å². The molecule has 1 atom stereocenters. The van der Waals surface area contributed by atoms with Gasteiger partial charge in [-0.25, -0.2) is 0 Å². The molecule has 1 N–H and O–H groups in total. The summed E-state index contributed by atoms with van der Waals surface area (Å²) in [6.45, 7) is 4.58. The van der Waals surface area contributed by atoms with Crippen molar-refractivity contribution in [1.29, 1.82) is 0 Å². The summed E-state index contributed by atoms with van der Waals surface area (Å²) in [6, 6.07) is 18.0. The number of carbonyl (C=O) groups excluding carboxylic acids is 1. The predicted octanol–water partition coefficient (Wildman–Crippen LogP) is 3.71. The fraction of sp³-hybridized carbons (Fsp3) is 0.318. The number of hydrogen-bond acceptors (Lipinski definition) is 5. The van der Waals surface area contributed by atoms with Gasteiger partial charge in [-0.2, -0.15) is 0 Å². The zero-order valence-electron chi connectivity index (χ0n) is 17.0. The maximum atomic E-state index is 12.1. The van der Waals surface area contributed by atoms with Gasteiger partial charge in [0.25, 0.3) is 0 Å². The monoisotopic (exact) mass is 410 g/mol. The van der Waals surface area contributed by atoms with Gasteiger partial charge < -0.3 is 14.6 Å². The third-order valence-electron chi connectivity index (χ3n) is 4.54. The van der Waals surface area contributed by atoms with E-state index in [1.54, 1.807) is 0 Å². The molecule has 2 aromatic carbocycles. The first-order chi connectivity index (χ1) is 14.0. The van der Waals surface area contributed by atoms with Crippen LogP contribution in [0.2, 0.25) is 0 Å². The molecular formula is C22H26N4O2S. The van der Waals surface area contributed by atoms with E-state index in [4.69, 9.17) is 4.74 Å². The average molecular weight is 411 g/mol. The van der Waals surface area contributed by atoms with Crippen molar-refractivity contribution in [1.82, 2.24) is 20.1 Å². The maximum Gasteiger partial charge on any atom is 0.230 e. The van der Waals surface area contributed by atoms with Gasteiger partial charge in [0.2, 0.25) is 5.91 Å². The number of ether oxygens (including phenoxy) is 1. The molecule has 1 heterocycles. The number of aromatic nitrogens is 3. The van der Waals surface area contributed by atoms with Gasteiger partial charge in [-0.3, -0.25) is 4.79 Å². The highest BCUT2D eigenvalue weighted by molar-refractivity contribution is 7.99. The van der Waals surface area contributed by atoms with Gasteiger partial charge in [-0.05, 0) is 37.5 Å². The molecule has 0 aliphatic carbocycles. The number of nitrogens with one attached hydrogen (secondary N) is 1. The van der Waals surface area contributed by atoms with Crippen molar-refractivity contribution in [2.24, 2.45) is 7.05 Å². The lowest BCUT2D eigenvalue weighted by Gasteiger charge is -2.15. The Labute approximate surface area is 175 Å². The lowest BCUT2D eigenvalue weighted by molar-refractivity contribution is -0.118. The summed E-state index contributed by atoms with van der Waals surface area (Å²) in [5.41, 5.74) is 2.28. The van der Waals surface area contributed by atoms with Gasteiger partial charge in [0.15, 0.2) is 17.1 Å². The van der Waals surface area contributed by atoms with Crippen LogP contribution in [0.1, 0.15) is 30.0 Å². The van der Waals surface area contributed by atoms with Crippen LogP contribution in [0.25, 0.3) is 0 Å². The first-order valence-electron chi connectivity index (χ1n) is 9.59. The van der Waals surface area contributed by atoms with Crippen LogP contribution in [0, 0.1) is 6.92 Å². The Balaban J connectivity index is 1.49. The Hall–Kier alpha value is -2.80. The van der Waals surface area contributed by atoms with E-state index in [0.717, 1.165) is 23.6 Å². The van der Waals surface area contributed by atoms with E-state index in [-0.39, 0.29) is 12.0 Å². The van der Waals surface area contributed by atoms with Gasteiger partial charge in [-0.1, -0.05) is 60.3 Å². The average Bonchev–Trinajstić information content (AvgIpc) is 3.09. The lowest BCUT2D eigenvalue weighted by Crippen LogP contribution is -2.27. The predicted molar refractivity (Wildman–Crippen MR) is 115 cm³/mol. The number of nitrogens with zero attached hydrogens (tertiary/aromatic N) is 3. The number of amides is 1. The number of hydrogen-bond donors (Lipinski definition) is 1. The molecule has 7 heteroatoms. The first kappa shape index (κ1) is 20.9. The molecule has 3 rings (SSSR count). The lowest BCUT2D eigenvalue weighted by atomic mass is 10.1. The third kappa shape index (κ3) is 5.84. The molecule has 0 aliphatic rings. The molecule has 0 bridgehead atoms. The summed E-state index contributed by atoms with van der Waals surface area (Å²) in [5.74, 6) is 1.84. The van der Waals surface area contributed by atoms with Crippen molar-refractivity contribution in [3.63, 3.8) is 0 Å². The number of para-hydroxylation sites is 1. The minimum atomic E-state index is -0.248. The fourth-order valence-corrected chi connectivity index (χ4v) is 3.66. The van der Waals surface area contributed by atoms with Gasteiger partial charge in [-0.15, -0.1) is 10.2 Å². The summed E-state index contributed by atoms with van der Waals surface area (Å²) < 4.78 is 7.91. The van der Waals surface area contributed by atoms with Gasteiger partial charge in [0, 0.05) is 13.6 Å². The Morgan fingerprint density at radius 2 is 1.86 bits per heavy atom. The third-order valence-corrected chi connectivity index (χ3v) is 5.56. The van der Waals surface area contributed by atoms with Crippen molar-refractivity contribution in [2.45, 2.75) is 31.5 Å². The largest absolute Gasteiger partial charge is 0.482 e. The second-order valence-electron chi connectivity index (χ2n) is 6.80. The normalized spacial score (nSPS) is 11.8. The molecule has 0 saturated carbocycles. The zero-order valence-corrected chi connectivity index (χ0v) is 17.8. The summed E-state index contributed by atoms with van der Waals surface area (Å²) >= 11 is 1.37. The molecule has 0 saturated heterocycles. The molecule has 1 aromatic heterocycles. The number of thioether (sulfide) groups is 1. The number of benzene rings is 2. The Morgan fingerprint density at radius 3 is 2.62 bits per heavy atom. The van der Waals surface area contributed by atoms with E-state index in [1.807, 2.05) is 67.9 Å².